The third-order valence-electron chi connectivity index (χ3n) is 4.15. The summed E-state index contributed by atoms with van der Waals surface area (Å²) >= 11 is 0. The molecule has 0 bridgehead atoms. The molecule has 0 aliphatic heterocycles. The molecule has 0 saturated heterocycles. The fourth-order valence-corrected chi connectivity index (χ4v) is 4.00. The largest absolute Gasteiger partial charge is 0.462 e. The summed E-state index contributed by atoms with van der Waals surface area (Å²) in [7, 11) is -3.67. The number of hydrogen-bond donors (Lipinski definition) is 2. The summed E-state index contributed by atoms with van der Waals surface area (Å²) in [6.45, 7) is 7.23. The summed E-state index contributed by atoms with van der Waals surface area (Å²) in [6, 6.07) is 8.11. The third-order valence-corrected chi connectivity index (χ3v) is 5.75. The molecule has 29 heavy (non-hydrogen) atoms. The monoisotopic (exact) mass is 419 g/mol. The number of amides is 1. The van der Waals surface area contributed by atoms with Crippen molar-refractivity contribution in [1.29, 1.82) is 0 Å². The Morgan fingerprint density at radius 2 is 1.79 bits per heavy atom. The number of nitrogens with zero attached hydrogens (tertiary/aromatic N) is 1. The van der Waals surface area contributed by atoms with Crippen molar-refractivity contribution in [2.24, 2.45) is 0 Å². The van der Waals surface area contributed by atoms with E-state index in [1.807, 2.05) is 13.0 Å². The molecule has 0 unspecified atom stereocenters. The van der Waals surface area contributed by atoms with E-state index in [1.54, 1.807) is 32.9 Å². The van der Waals surface area contributed by atoms with Crippen LogP contribution in [-0.2, 0) is 14.8 Å². The minimum absolute atomic E-state index is 0.0291. The molecule has 0 saturated carbocycles. The molecule has 1 amide bonds. The molecule has 0 spiro atoms. The summed E-state index contributed by atoms with van der Waals surface area (Å²) in [6.07, 6.45) is 0. The third kappa shape index (κ3) is 5.85. The van der Waals surface area contributed by atoms with E-state index in [9.17, 15) is 18.0 Å². The smallest absolute Gasteiger partial charge is 0.339 e. The molecule has 9 heteroatoms. The van der Waals surface area contributed by atoms with Crippen LogP contribution in [0.2, 0.25) is 0 Å². The SMILES string of the molecule is CCOC(=O)c1ccc(C(=O)NCCNS(=O)(=O)c2cc(C)ccc2C)nc1C. The highest BCUT2D eigenvalue weighted by atomic mass is 32.2. The number of ether oxygens (including phenoxy) is 1. The van der Waals surface area contributed by atoms with Gasteiger partial charge in [-0.1, -0.05) is 12.1 Å². The first-order valence-electron chi connectivity index (χ1n) is 9.15. The molecule has 1 aromatic heterocycles. The van der Waals surface area contributed by atoms with Crippen molar-refractivity contribution >= 4 is 21.9 Å². The molecule has 0 aliphatic carbocycles. The van der Waals surface area contributed by atoms with E-state index >= 15 is 0 Å². The van der Waals surface area contributed by atoms with Gasteiger partial charge in [0.05, 0.1) is 22.8 Å². The minimum Gasteiger partial charge on any atom is -0.462 e. The first kappa shape index (κ1) is 22.5. The predicted octanol–water partition coefficient (Wildman–Crippen LogP) is 1.89. The van der Waals surface area contributed by atoms with Gasteiger partial charge in [-0.15, -0.1) is 0 Å². The highest BCUT2D eigenvalue weighted by molar-refractivity contribution is 7.89. The number of carbonyl (C=O) groups excluding carboxylic acids is 2. The second-order valence-electron chi connectivity index (χ2n) is 6.47. The number of nitrogens with one attached hydrogen (secondary N) is 2. The lowest BCUT2D eigenvalue weighted by atomic mass is 10.2. The lowest BCUT2D eigenvalue weighted by Crippen LogP contribution is -2.35. The van der Waals surface area contributed by atoms with Crippen LogP contribution >= 0.6 is 0 Å². The van der Waals surface area contributed by atoms with Crippen LogP contribution in [0.15, 0.2) is 35.2 Å². The van der Waals surface area contributed by atoms with Crippen LogP contribution < -0.4 is 10.0 Å². The Hall–Kier alpha value is -2.78. The Morgan fingerprint density at radius 3 is 2.45 bits per heavy atom. The van der Waals surface area contributed by atoms with Gasteiger partial charge in [0.2, 0.25) is 10.0 Å². The van der Waals surface area contributed by atoms with Crippen LogP contribution in [-0.4, -0.2) is 45.0 Å². The Labute approximate surface area is 170 Å². The zero-order chi connectivity index (χ0) is 21.6. The van der Waals surface area contributed by atoms with Crippen molar-refractivity contribution in [2.75, 3.05) is 19.7 Å². The van der Waals surface area contributed by atoms with Gasteiger partial charge in [0.15, 0.2) is 0 Å². The van der Waals surface area contributed by atoms with Gasteiger partial charge in [-0.25, -0.2) is 22.9 Å². The number of sulfonamides is 1. The van der Waals surface area contributed by atoms with E-state index in [4.69, 9.17) is 4.74 Å². The normalized spacial score (nSPS) is 11.2. The standard InChI is InChI=1S/C20H25N3O5S/c1-5-28-20(25)16-8-9-17(23-15(16)4)19(24)21-10-11-22-29(26,27)18-12-13(2)6-7-14(18)3/h6-9,12,22H,5,10-11H2,1-4H3,(H,21,24). The van der Waals surface area contributed by atoms with Crippen molar-refractivity contribution in [3.8, 4) is 0 Å². The average molecular weight is 420 g/mol. The van der Waals surface area contributed by atoms with E-state index in [0.29, 0.717) is 16.8 Å². The quantitative estimate of drug-likeness (QED) is 0.499. The summed E-state index contributed by atoms with van der Waals surface area (Å²) in [4.78, 5) is 28.4. The van der Waals surface area contributed by atoms with Crippen LogP contribution in [0.3, 0.4) is 0 Å². The molecule has 156 valence electrons. The second kappa shape index (κ2) is 9.62. The number of aryl methyl sites for hydroxylation is 3. The van der Waals surface area contributed by atoms with Gasteiger partial charge in [0, 0.05) is 13.1 Å². The number of pyridine rings is 1. The molecule has 2 N–H and O–H groups in total. The summed E-state index contributed by atoms with van der Waals surface area (Å²) in [5, 5.41) is 2.61. The van der Waals surface area contributed by atoms with Crippen LogP contribution in [0.1, 0.15) is 44.6 Å². The number of carbonyl (C=O) groups is 2. The van der Waals surface area contributed by atoms with Crippen molar-refractivity contribution in [3.63, 3.8) is 0 Å². The Balaban J connectivity index is 1.94. The average Bonchev–Trinajstić information content (AvgIpc) is 2.66. The number of esters is 1. The molecule has 2 aromatic rings. The maximum absolute atomic E-state index is 12.4. The molecule has 0 aliphatic rings. The lowest BCUT2D eigenvalue weighted by Gasteiger charge is -2.11. The van der Waals surface area contributed by atoms with Crippen molar-refractivity contribution in [2.45, 2.75) is 32.6 Å². The Bertz CT molecular complexity index is 1020. The number of aromatic nitrogens is 1. The van der Waals surface area contributed by atoms with Crippen LogP contribution in [0.25, 0.3) is 0 Å². The van der Waals surface area contributed by atoms with E-state index in [0.717, 1.165) is 5.56 Å². The van der Waals surface area contributed by atoms with Crippen LogP contribution in [0, 0.1) is 20.8 Å². The fraction of sp³-hybridized carbons (Fsp3) is 0.350. The van der Waals surface area contributed by atoms with Gasteiger partial charge in [-0.3, -0.25) is 4.79 Å². The highest BCUT2D eigenvalue weighted by Crippen LogP contribution is 2.16. The molecule has 2 rings (SSSR count). The van der Waals surface area contributed by atoms with E-state index in [-0.39, 0.29) is 30.3 Å². The number of benzene rings is 1. The zero-order valence-electron chi connectivity index (χ0n) is 16.9. The second-order valence-corrected chi connectivity index (χ2v) is 8.21. The Morgan fingerprint density at radius 1 is 1.07 bits per heavy atom. The molecule has 1 heterocycles. The van der Waals surface area contributed by atoms with Gasteiger partial charge in [-0.05, 0) is 57.0 Å². The summed E-state index contributed by atoms with van der Waals surface area (Å²) < 4.78 is 32.3. The van der Waals surface area contributed by atoms with Crippen LogP contribution in [0.5, 0.6) is 0 Å². The lowest BCUT2D eigenvalue weighted by molar-refractivity contribution is 0.0524. The zero-order valence-corrected chi connectivity index (χ0v) is 17.7. The summed E-state index contributed by atoms with van der Waals surface area (Å²) in [5.41, 5.74) is 2.30. The first-order valence-corrected chi connectivity index (χ1v) is 10.6. The van der Waals surface area contributed by atoms with Crippen molar-refractivity contribution in [1.82, 2.24) is 15.0 Å². The first-order chi connectivity index (χ1) is 13.7. The van der Waals surface area contributed by atoms with Gasteiger partial charge in [-0.2, -0.15) is 0 Å². The molecule has 8 nitrogen and oxygen atoms in total. The minimum atomic E-state index is -3.67. The molecule has 1 aromatic carbocycles. The molecule has 0 radical (unpaired) electrons. The molecular weight excluding hydrogens is 394 g/mol. The van der Waals surface area contributed by atoms with Crippen LogP contribution in [0.4, 0.5) is 0 Å². The van der Waals surface area contributed by atoms with Gasteiger partial charge in [0.25, 0.3) is 5.91 Å². The van der Waals surface area contributed by atoms with Gasteiger partial charge >= 0.3 is 5.97 Å². The van der Waals surface area contributed by atoms with E-state index < -0.39 is 21.9 Å². The highest BCUT2D eigenvalue weighted by Gasteiger charge is 2.17. The van der Waals surface area contributed by atoms with E-state index in [2.05, 4.69) is 15.0 Å². The molecule has 0 fully saturated rings. The number of rotatable bonds is 8. The summed E-state index contributed by atoms with van der Waals surface area (Å²) in [5.74, 6) is -0.959. The maximum atomic E-state index is 12.4. The van der Waals surface area contributed by atoms with Gasteiger partial charge < -0.3 is 10.1 Å². The van der Waals surface area contributed by atoms with E-state index in [1.165, 1.54) is 12.1 Å². The molecule has 0 atom stereocenters. The van der Waals surface area contributed by atoms with Gasteiger partial charge in [0.1, 0.15) is 5.69 Å². The van der Waals surface area contributed by atoms with Crippen molar-refractivity contribution < 1.29 is 22.7 Å². The fourth-order valence-electron chi connectivity index (χ4n) is 2.64. The number of hydrogen-bond acceptors (Lipinski definition) is 6. The maximum Gasteiger partial charge on any atom is 0.339 e. The Kier molecular flexibility index (Phi) is 7.46. The van der Waals surface area contributed by atoms with Crippen molar-refractivity contribution in [3.05, 3.63) is 58.4 Å². The predicted molar refractivity (Wildman–Crippen MR) is 108 cm³/mol. The topological polar surface area (TPSA) is 114 Å². The molecular formula is C20H25N3O5S.